The monoisotopic (exact) mass is 483 g/mol. The minimum absolute atomic E-state index is 0.0664. The van der Waals surface area contributed by atoms with Crippen LogP contribution in [-0.2, 0) is 9.53 Å². The molecule has 9 nitrogen and oxygen atoms in total. The van der Waals surface area contributed by atoms with Crippen LogP contribution in [0, 0.1) is 11.6 Å². The van der Waals surface area contributed by atoms with Crippen LogP contribution in [0.1, 0.15) is 12.8 Å². The smallest absolute Gasteiger partial charge is 0.256 e. The number of ether oxygens (including phenoxy) is 1. The molecule has 12 heteroatoms. The van der Waals surface area contributed by atoms with Crippen LogP contribution in [0.3, 0.4) is 0 Å². The molecular formula is C21H31F2N7O2S. The Kier molecular flexibility index (Phi) is 8.64. The number of nitrogens with two attached hydrogens (primary N) is 2. The van der Waals surface area contributed by atoms with Gasteiger partial charge in [0.2, 0.25) is 5.91 Å². The van der Waals surface area contributed by atoms with Gasteiger partial charge in [-0.25, -0.2) is 14.6 Å². The fraction of sp³-hybridized carbons (Fsp3) is 0.524. The molecule has 0 aromatic heterocycles. The van der Waals surface area contributed by atoms with Gasteiger partial charge in [0.15, 0.2) is 11.6 Å². The van der Waals surface area contributed by atoms with Crippen LogP contribution in [0.25, 0.3) is 0 Å². The summed E-state index contributed by atoms with van der Waals surface area (Å²) in [5.41, 5.74) is 6.13. The lowest BCUT2D eigenvalue weighted by molar-refractivity contribution is -0.132. The van der Waals surface area contributed by atoms with Crippen LogP contribution in [0.5, 0.6) is 0 Å². The summed E-state index contributed by atoms with van der Waals surface area (Å²) in [6.07, 6.45) is 3.58. The third-order valence-corrected chi connectivity index (χ3v) is 6.04. The molecule has 1 aromatic carbocycles. The molecule has 2 aliphatic rings. The number of amides is 1. The highest BCUT2D eigenvalue weighted by atomic mass is 32.1. The number of halogens is 2. The molecular weight excluding hydrogens is 452 g/mol. The molecule has 1 aromatic rings. The second-order valence-electron chi connectivity index (χ2n) is 8.07. The van der Waals surface area contributed by atoms with Gasteiger partial charge in [-0.05, 0) is 38.1 Å². The van der Waals surface area contributed by atoms with Crippen molar-refractivity contribution in [1.29, 1.82) is 0 Å². The fourth-order valence-electron chi connectivity index (χ4n) is 3.96. The zero-order chi connectivity index (χ0) is 24.0. The number of rotatable bonds is 7. The molecule has 2 heterocycles. The third-order valence-electron chi connectivity index (χ3n) is 5.73. The lowest BCUT2D eigenvalue weighted by Crippen LogP contribution is -2.51. The molecule has 0 spiro atoms. The van der Waals surface area contributed by atoms with E-state index in [0.717, 1.165) is 43.1 Å². The number of piperazine rings is 1. The van der Waals surface area contributed by atoms with Crippen molar-refractivity contribution in [2.75, 3.05) is 69.4 Å². The van der Waals surface area contributed by atoms with Gasteiger partial charge in [-0.15, -0.1) is 0 Å². The standard InChI is InChI=1S/C21H31F2N7O2S/c1-32-21(33)26-12-15(24)13-30(25)16-10-17(22)20(18(23)11-16)29-8-6-28(7-9-29)19(31)14-27-4-2-3-5-27/h10-11,13H,2-9,12,14,24-25H2,1H3,(H,26,33)/b15-13-. The number of carbonyl (C=O) groups is 1. The molecule has 0 atom stereocenters. The van der Waals surface area contributed by atoms with Gasteiger partial charge in [0.25, 0.3) is 5.17 Å². The highest BCUT2D eigenvalue weighted by Gasteiger charge is 2.27. The zero-order valence-electron chi connectivity index (χ0n) is 18.7. The van der Waals surface area contributed by atoms with E-state index < -0.39 is 11.6 Å². The van der Waals surface area contributed by atoms with E-state index in [9.17, 15) is 13.6 Å². The maximum atomic E-state index is 14.9. The van der Waals surface area contributed by atoms with Gasteiger partial charge in [0.1, 0.15) is 5.69 Å². The van der Waals surface area contributed by atoms with Crippen LogP contribution in [0.4, 0.5) is 20.2 Å². The Hall–Kier alpha value is -2.70. The number of hydrogen-bond donors (Lipinski definition) is 3. The van der Waals surface area contributed by atoms with E-state index in [1.807, 2.05) is 0 Å². The van der Waals surface area contributed by atoms with E-state index in [2.05, 4.69) is 10.2 Å². The summed E-state index contributed by atoms with van der Waals surface area (Å²) < 4.78 is 34.5. The second kappa shape index (κ2) is 11.4. The van der Waals surface area contributed by atoms with Gasteiger partial charge in [0, 0.05) is 50.2 Å². The molecule has 3 rings (SSSR count). The minimum Gasteiger partial charge on any atom is -0.474 e. The lowest BCUT2D eigenvalue weighted by Gasteiger charge is -2.37. The van der Waals surface area contributed by atoms with Gasteiger partial charge in [-0.3, -0.25) is 14.7 Å². The number of likely N-dealkylation sites (tertiary alicyclic amines) is 1. The number of hydrazine groups is 1. The van der Waals surface area contributed by atoms with Crippen molar-refractivity contribution < 1.29 is 18.3 Å². The average Bonchev–Trinajstić information content (AvgIpc) is 3.30. The Bertz CT molecular complexity index is 864. The molecule has 2 saturated heterocycles. The Labute approximate surface area is 197 Å². The van der Waals surface area contributed by atoms with E-state index in [4.69, 9.17) is 28.5 Å². The summed E-state index contributed by atoms with van der Waals surface area (Å²) >= 11 is 4.86. The number of nitrogens with one attached hydrogen (secondary N) is 1. The molecule has 33 heavy (non-hydrogen) atoms. The van der Waals surface area contributed by atoms with Crippen molar-refractivity contribution in [3.05, 3.63) is 35.7 Å². The summed E-state index contributed by atoms with van der Waals surface area (Å²) in [6.45, 7) is 4.01. The van der Waals surface area contributed by atoms with Crippen LogP contribution >= 0.6 is 12.2 Å². The van der Waals surface area contributed by atoms with Gasteiger partial charge in [-0.2, -0.15) is 0 Å². The van der Waals surface area contributed by atoms with E-state index in [0.29, 0.717) is 32.7 Å². The molecule has 0 aliphatic carbocycles. The average molecular weight is 484 g/mol. The van der Waals surface area contributed by atoms with Crippen LogP contribution in [0.15, 0.2) is 24.0 Å². The third kappa shape index (κ3) is 6.65. The first kappa shape index (κ1) is 24.9. The minimum atomic E-state index is -0.733. The maximum absolute atomic E-state index is 14.9. The number of nitrogens with zero attached hydrogens (tertiary/aromatic N) is 4. The summed E-state index contributed by atoms with van der Waals surface area (Å²) in [5, 5.41) is 3.94. The molecule has 2 fully saturated rings. The van der Waals surface area contributed by atoms with E-state index in [-0.39, 0.29) is 34.7 Å². The SMILES string of the molecule is COC(=S)NC/C(N)=C/N(N)c1cc(F)c(N2CCN(C(=O)CN3CCCC3)CC2)c(F)c1. The molecule has 2 aliphatic heterocycles. The molecule has 0 saturated carbocycles. The quantitative estimate of drug-likeness (QED) is 0.294. The Balaban J connectivity index is 1.60. The Morgan fingerprint density at radius 1 is 1.18 bits per heavy atom. The maximum Gasteiger partial charge on any atom is 0.256 e. The van der Waals surface area contributed by atoms with E-state index in [1.165, 1.54) is 13.3 Å². The van der Waals surface area contributed by atoms with E-state index in [1.54, 1.807) is 9.80 Å². The van der Waals surface area contributed by atoms with Crippen molar-refractivity contribution in [2.24, 2.45) is 11.6 Å². The first-order chi connectivity index (χ1) is 15.8. The Morgan fingerprint density at radius 3 is 2.36 bits per heavy atom. The number of hydrogen-bond acceptors (Lipinski definition) is 8. The normalized spacial score (nSPS) is 17.3. The predicted molar refractivity (Wildman–Crippen MR) is 127 cm³/mol. The Morgan fingerprint density at radius 2 is 1.79 bits per heavy atom. The van der Waals surface area contributed by atoms with Crippen molar-refractivity contribution >= 4 is 34.7 Å². The van der Waals surface area contributed by atoms with Gasteiger partial charge < -0.3 is 25.6 Å². The molecule has 1 amide bonds. The molecule has 5 N–H and O–H groups in total. The zero-order valence-corrected chi connectivity index (χ0v) is 19.5. The number of carbonyl (C=O) groups excluding carboxylic acids is 1. The lowest BCUT2D eigenvalue weighted by atomic mass is 10.2. The highest BCUT2D eigenvalue weighted by Crippen LogP contribution is 2.29. The predicted octanol–water partition coefficient (Wildman–Crippen LogP) is 0.710. The number of methoxy groups -OCH3 is 1. The summed E-state index contributed by atoms with van der Waals surface area (Å²) in [5.74, 6) is 4.51. The fourth-order valence-corrected chi connectivity index (χ4v) is 4.03. The van der Waals surface area contributed by atoms with Crippen LogP contribution in [0.2, 0.25) is 0 Å². The number of benzene rings is 1. The first-order valence-electron chi connectivity index (χ1n) is 10.8. The van der Waals surface area contributed by atoms with Crippen molar-refractivity contribution in [2.45, 2.75) is 12.8 Å². The molecule has 0 unspecified atom stereocenters. The van der Waals surface area contributed by atoms with Gasteiger partial charge >= 0.3 is 0 Å². The molecule has 0 radical (unpaired) electrons. The second-order valence-corrected chi connectivity index (χ2v) is 8.44. The number of thiocarbonyl (C=S) groups is 1. The van der Waals surface area contributed by atoms with Crippen LogP contribution < -0.4 is 26.8 Å². The topological polar surface area (TPSA) is 103 Å². The van der Waals surface area contributed by atoms with Crippen molar-refractivity contribution in [1.82, 2.24) is 15.1 Å². The summed E-state index contributed by atoms with van der Waals surface area (Å²) in [4.78, 5) is 18.0. The van der Waals surface area contributed by atoms with Crippen molar-refractivity contribution in [3.63, 3.8) is 0 Å². The van der Waals surface area contributed by atoms with Crippen LogP contribution in [-0.4, -0.2) is 80.3 Å². The van der Waals surface area contributed by atoms with Crippen molar-refractivity contribution in [3.8, 4) is 0 Å². The molecule has 0 bridgehead atoms. The summed E-state index contributed by atoms with van der Waals surface area (Å²) in [6, 6.07) is 2.31. The van der Waals surface area contributed by atoms with Gasteiger partial charge in [-0.1, -0.05) is 0 Å². The summed E-state index contributed by atoms with van der Waals surface area (Å²) in [7, 11) is 1.42. The largest absolute Gasteiger partial charge is 0.474 e. The number of anilines is 2. The van der Waals surface area contributed by atoms with E-state index >= 15 is 0 Å². The van der Waals surface area contributed by atoms with Gasteiger partial charge in [0.05, 0.1) is 25.9 Å². The first-order valence-corrected chi connectivity index (χ1v) is 11.3. The molecule has 182 valence electrons. The highest BCUT2D eigenvalue weighted by molar-refractivity contribution is 7.80.